The highest BCUT2D eigenvalue weighted by Gasteiger charge is 2.19. The Kier molecular flexibility index (Phi) is 3.87. The third-order valence-electron chi connectivity index (χ3n) is 3.30. The second-order valence-corrected chi connectivity index (χ2v) is 6.14. The van der Waals surface area contributed by atoms with Crippen LogP contribution in [0.4, 0.5) is 0 Å². The molecular weight excluding hydrogens is 352 g/mol. The van der Waals surface area contributed by atoms with E-state index in [-0.39, 0.29) is 23.0 Å². The van der Waals surface area contributed by atoms with E-state index in [1.54, 1.807) is 36.4 Å². The fourth-order valence-corrected chi connectivity index (χ4v) is 2.98. The van der Waals surface area contributed by atoms with Crippen LogP contribution in [-0.4, -0.2) is 22.1 Å². The zero-order valence-electron chi connectivity index (χ0n) is 12.1. The molecule has 0 amide bonds. The summed E-state index contributed by atoms with van der Waals surface area (Å²) in [5.41, 5.74) is 1.08. The van der Waals surface area contributed by atoms with Crippen molar-refractivity contribution in [2.75, 3.05) is 6.79 Å². The maximum atomic E-state index is 12.3. The van der Waals surface area contributed by atoms with Gasteiger partial charge in [-0.05, 0) is 30.3 Å². The molecule has 0 atom stereocenters. The third-order valence-corrected chi connectivity index (χ3v) is 4.39. The van der Waals surface area contributed by atoms with Crippen LogP contribution in [0, 0.1) is 0 Å². The van der Waals surface area contributed by atoms with Crippen molar-refractivity contribution >= 4 is 28.5 Å². The first kappa shape index (κ1) is 15.0. The number of carbonyl (C=O) groups excluding carboxylic acids is 1. The number of fused-ring (bicyclic) bond motifs is 1. The number of ether oxygens (including phenoxy) is 2. The van der Waals surface area contributed by atoms with Gasteiger partial charge in [0.15, 0.2) is 11.5 Å². The molecule has 0 aliphatic carbocycles. The lowest BCUT2D eigenvalue weighted by Gasteiger charge is -2.00. The van der Waals surface area contributed by atoms with Gasteiger partial charge in [-0.1, -0.05) is 23.7 Å². The molecule has 6 nitrogen and oxygen atoms in total. The van der Waals surface area contributed by atoms with Gasteiger partial charge in [-0.25, -0.2) is 0 Å². The van der Waals surface area contributed by atoms with Gasteiger partial charge in [-0.2, -0.15) is 0 Å². The van der Waals surface area contributed by atoms with Gasteiger partial charge in [-0.15, -0.1) is 10.2 Å². The summed E-state index contributed by atoms with van der Waals surface area (Å²) in [6.07, 6.45) is 0. The molecule has 0 unspecified atom stereocenters. The summed E-state index contributed by atoms with van der Waals surface area (Å²) >= 11 is 6.94. The van der Waals surface area contributed by atoms with E-state index in [9.17, 15) is 4.79 Å². The van der Waals surface area contributed by atoms with Crippen LogP contribution in [0.1, 0.15) is 10.4 Å². The summed E-state index contributed by atoms with van der Waals surface area (Å²) in [5.74, 6) is 1.43. The number of carbonyl (C=O) groups is 1. The van der Waals surface area contributed by atoms with Gasteiger partial charge in [0.05, 0.1) is 10.6 Å². The number of halogens is 1. The number of rotatable bonds is 3. The standard InChI is InChI=1S/C16H9ClN2O4S/c17-11-4-2-1-3-10(11)14-18-19-16(23-14)24-15(20)9-5-6-12-13(7-9)22-8-21-12/h1-7H,8H2. The summed E-state index contributed by atoms with van der Waals surface area (Å²) in [7, 11) is 0. The Labute approximate surface area is 145 Å². The van der Waals surface area contributed by atoms with Crippen molar-refractivity contribution in [1.82, 2.24) is 10.2 Å². The molecule has 0 saturated heterocycles. The molecule has 0 spiro atoms. The molecule has 2 heterocycles. The topological polar surface area (TPSA) is 74.5 Å². The van der Waals surface area contributed by atoms with Gasteiger partial charge in [0.1, 0.15) is 0 Å². The molecule has 1 aliphatic heterocycles. The zero-order valence-corrected chi connectivity index (χ0v) is 13.6. The monoisotopic (exact) mass is 360 g/mol. The number of benzene rings is 2. The zero-order chi connectivity index (χ0) is 16.5. The van der Waals surface area contributed by atoms with E-state index in [4.69, 9.17) is 25.5 Å². The van der Waals surface area contributed by atoms with Crippen molar-refractivity contribution in [3.8, 4) is 23.0 Å². The van der Waals surface area contributed by atoms with Gasteiger partial charge >= 0.3 is 0 Å². The van der Waals surface area contributed by atoms with E-state index in [0.717, 1.165) is 11.8 Å². The molecule has 0 saturated carbocycles. The first-order valence-corrected chi connectivity index (χ1v) is 8.10. The summed E-state index contributed by atoms with van der Waals surface area (Å²) in [4.78, 5) is 12.3. The molecule has 1 aliphatic rings. The largest absolute Gasteiger partial charge is 0.454 e. The molecule has 1 aromatic heterocycles. The van der Waals surface area contributed by atoms with Crippen molar-refractivity contribution < 1.29 is 18.7 Å². The number of thioether (sulfide) groups is 1. The van der Waals surface area contributed by atoms with Crippen LogP contribution < -0.4 is 9.47 Å². The molecule has 3 aromatic rings. The Morgan fingerprint density at radius 3 is 2.79 bits per heavy atom. The fourth-order valence-electron chi connectivity index (χ4n) is 2.16. The van der Waals surface area contributed by atoms with E-state index < -0.39 is 0 Å². The minimum Gasteiger partial charge on any atom is -0.454 e. The number of hydrogen-bond donors (Lipinski definition) is 0. The van der Waals surface area contributed by atoms with Gasteiger partial charge in [0.25, 0.3) is 5.22 Å². The Balaban J connectivity index is 1.54. The highest BCUT2D eigenvalue weighted by atomic mass is 35.5. The van der Waals surface area contributed by atoms with Crippen LogP contribution in [0.25, 0.3) is 11.5 Å². The summed E-state index contributed by atoms with van der Waals surface area (Å²) < 4.78 is 16.0. The highest BCUT2D eigenvalue weighted by Crippen LogP contribution is 2.35. The minimum absolute atomic E-state index is 0.146. The number of hydrogen-bond acceptors (Lipinski definition) is 7. The highest BCUT2D eigenvalue weighted by molar-refractivity contribution is 8.14. The predicted molar refractivity (Wildman–Crippen MR) is 87.5 cm³/mol. The third kappa shape index (κ3) is 2.83. The summed E-state index contributed by atoms with van der Waals surface area (Å²) in [6.45, 7) is 0.158. The van der Waals surface area contributed by atoms with Crippen LogP contribution in [0.3, 0.4) is 0 Å². The molecule has 0 radical (unpaired) electrons. The first-order chi connectivity index (χ1) is 11.7. The van der Waals surface area contributed by atoms with E-state index in [1.807, 2.05) is 6.07 Å². The quantitative estimate of drug-likeness (QED) is 0.652. The predicted octanol–water partition coefficient (Wildman–Crippen LogP) is 4.05. The average Bonchev–Trinajstić information content (AvgIpc) is 3.23. The Morgan fingerprint density at radius 1 is 1.08 bits per heavy atom. The van der Waals surface area contributed by atoms with Crippen molar-refractivity contribution in [3.05, 3.63) is 53.1 Å². The molecule has 0 fully saturated rings. The molecule has 2 aromatic carbocycles. The van der Waals surface area contributed by atoms with E-state index in [2.05, 4.69) is 10.2 Å². The summed E-state index contributed by atoms with van der Waals surface area (Å²) in [6, 6.07) is 12.1. The van der Waals surface area contributed by atoms with Crippen molar-refractivity contribution in [2.45, 2.75) is 5.22 Å². The van der Waals surface area contributed by atoms with Crippen LogP contribution in [0.2, 0.25) is 5.02 Å². The Hall–Kier alpha value is -2.51. The van der Waals surface area contributed by atoms with Crippen molar-refractivity contribution in [1.29, 1.82) is 0 Å². The average molecular weight is 361 g/mol. The Bertz CT molecular complexity index is 928. The molecular formula is C16H9ClN2O4S. The van der Waals surface area contributed by atoms with Crippen LogP contribution >= 0.6 is 23.4 Å². The Morgan fingerprint density at radius 2 is 1.92 bits per heavy atom. The van der Waals surface area contributed by atoms with Gasteiger partial charge in [0, 0.05) is 17.3 Å². The second-order valence-electron chi connectivity index (χ2n) is 4.81. The lowest BCUT2D eigenvalue weighted by Crippen LogP contribution is -1.94. The van der Waals surface area contributed by atoms with Gasteiger partial charge < -0.3 is 13.9 Å². The minimum atomic E-state index is -0.234. The second kappa shape index (κ2) is 6.18. The maximum Gasteiger partial charge on any atom is 0.284 e. The van der Waals surface area contributed by atoms with Crippen molar-refractivity contribution in [2.24, 2.45) is 0 Å². The van der Waals surface area contributed by atoms with E-state index in [1.165, 1.54) is 0 Å². The molecule has 0 N–H and O–H groups in total. The van der Waals surface area contributed by atoms with Crippen LogP contribution in [-0.2, 0) is 0 Å². The SMILES string of the molecule is O=C(Sc1nnc(-c2ccccc2Cl)o1)c1ccc2c(c1)OCO2. The molecule has 8 heteroatoms. The van der Waals surface area contributed by atoms with Crippen LogP contribution in [0.15, 0.2) is 52.1 Å². The molecule has 24 heavy (non-hydrogen) atoms. The fraction of sp³-hybridized carbons (Fsp3) is 0.0625. The van der Waals surface area contributed by atoms with Crippen molar-refractivity contribution in [3.63, 3.8) is 0 Å². The lowest BCUT2D eigenvalue weighted by molar-refractivity contribution is 0.108. The number of nitrogens with zero attached hydrogens (tertiary/aromatic N) is 2. The first-order valence-electron chi connectivity index (χ1n) is 6.91. The molecule has 0 bridgehead atoms. The maximum absolute atomic E-state index is 12.3. The number of aromatic nitrogens is 2. The smallest absolute Gasteiger partial charge is 0.284 e. The molecule has 120 valence electrons. The normalized spacial score (nSPS) is 12.4. The lowest BCUT2D eigenvalue weighted by atomic mass is 10.2. The van der Waals surface area contributed by atoms with E-state index in [0.29, 0.717) is 27.6 Å². The van der Waals surface area contributed by atoms with Crippen LogP contribution in [0.5, 0.6) is 11.5 Å². The van der Waals surface area contributed by atoms with Gasteiger partial charge in [0.2, 0.25) is 17.8 Å². The summed E-state index contributed by atoms with van der Waals surface area (Å²) in [5, 5.41) is 8.23. The molecule has 4 rings (SSSR count). The van der Waals surface area contributed by atoms with Gasteiger partial charge in [-0.3, -0.25) is 4.79 Å². The van der Waals surface area contributed by atoms with E-state index >= 15 is 0 Å².